The van der Waals surface area contributed by atoms with Gasteiger partial charge in [-0.25, -0.2) is 0 Å². The third-order valence-electron chi connectivity index (χ3n) is 3.61. The van der Waals surface area contributed by atoms with Crippen LogP contribution in [0.15, 0.2) is 16.8 Å². The molecule has 0 aromatic carbocycles. The molecule has 0 spiro atoms. The zero-order chi connectivity index (χ0) is 13.1. The zero-order valence-electron chi connectivity index (χ0n) is 10.7. The van der Waals surface area contributed by atoms with Gasteiger partial charge in [-0.05, 0) is 48.7 Å². The molecule has 5 heteroatoms. The minimum Gasteiger partial charge on any atom is -0.368 e. The van der Waals surface area contributed by atoms with Crippen molar-refractivity contribution in [2.45, 2.75) is 44.3 Å². The molecule has 1 fully saturated rings. The van der Waals surface area contributed by atoms with E-state index in [-0.39, 0.29) is 24.0 Å². The van der Waals surface area contributed by atoms with Crippen LogP contribution in [0.3, 0.4) is 0 Å². The van der Waals surface area contributed by atoms with Crippen molar-refractivity contribution in [2.75, 3.05) is 6.54 Å². The first-order valence-electron chi connectivity index (χ1n) is 6.44. The summed E-state index contributed by atoms with van der Waals surface area (Å²) in [6.45, 7) is 2.89. The standard InChI is InChI=1S/C13H21N3OS/c1-9(14)12(10-5-7-18-8-10)16-6-3-2-4-11(16)13(15)17/h5,7-9,11-12H,2-4,6,14H2,1H3,(H2,15,17). The Labute approximate surface area is 112 Å². The largest absolute Gasteiger partial charge is 0.368 e. The van der Waals surface area contributed by atoms with Crippen molar-refractivity contribution in [1.82, 2.24) is 4.90 Å². The average molecular weight is 267 g/mol. The lowest BCUT2D eigenvalue weighted by Gasteiger charge is -2.41. The van der Waals surface area contributed by atoms with Gasteiger partial charge in [-0.3, -0.25) is 9.69 Å². The van der Waals surface area contributed by atoms with E-state index < -0.39 is 0 Å². The SMILES string of the molecule is CC(N)C(c1ccsc1)N1CCCCC1C(N)=O. The second-order valence-corrected chi connectivity index (χ2v) is 5.79. The van der Waals surface area contributed by atoms with Crippen molar-refractivity contribution in [3.63, 3.8) is 0 Å². The second-order valence-electron chi connectivity index (χ2n) is 5.01. The summed E-state index contributed by atoms with van der Waals surface area (Å²) in [6.07, 6.45) is 3.03. The Morgan fingerprint density at radius 1 is 1.56 bits per heavy atom. The molecular weight excluding hydrogens is 246 g/mol. The van der Waals surface area contributed by atoms with Crippen LogP contribution in [-0.2, 0) is 4.79 Å². The summed E-state index contributed by atoms with van der Waals surface area (Å²) in [5, 5.41) is 4.16. The van der Waals surface area contributed by atoms with E-state index in [9.17, 15) is 4.79 Å². The molecule has 3 atom stereocenters. The number of primary amides is 1. The maximum absolute atomic E-state index is 11.6. The minimum atomic E-state index is -0.226. The average Bonchev–Trinajstić information content (AvgIpc) is 2.83. The third-order valence-corrected chi connectivity index (χ3v) is 4.31. The Hall–Kier alpha value is -0.910. The minimum absolute atomic E-state index is 0.0143. The van der Waals surface area contributed by atoms with Crippen LogP contribution in [0.25, 0.3) is 0 Å². The van der Waals surface area contributed by atoms with E-state index >= 15 is 0 Å². The molecule has 1 saturated heterocycles. The molecule has 1 aliphatic rings. The van der Waals surface area contributed by atoms with Crippen molar-refractivity contribution in [2.24, 2.45) is 11.5 Å². The Morgan fingerprint density at radius 3 is 2.89 bits per heavy atom. The molecule has 0 bridgehead atoms. The summed E-state index contributed by atoms with van der Waals surface area (Å²) in [5.74, 6) is -0.226. The fourth-order valence-corrected chi connectivity index (χ4v) is 3.52. The summed E-state index contributed by atoms with van der Waals surface area (Å²) in [6, 6.07) is 1.99. The third kappa shape index (κ3) is 2.74. The van der Waals surface area contributed by atoms with Gasteiger partial charge < -0.3 is 11.5 Å². The quantitative estimate of drug-likeness (QED) is 0.868. The van der Waals surface area contributed by atoms with Crippen LogP contribution in [-0.4, -0.2) is 29.4 Å². The molecule has 0 radical (unpaired) electrons. The van der Waals surface area contributed by atoms with E-state index in [0.717, 1.165) is 25.8 Å². The Bertz CT molecular complexity index is 391. The van der Waals surface area contributed by atoms with Crippen LogP contribution in [0.1, 0.15) is 37.8 Å². The molecule has 1 aliphatic heterocycles. The van der Waals surface area contributed by atoms with Gasteiger partial charge in [0, 0.05) is 6.04 Å². The normalized spacial score (nSPS) is 24.7. The van der Waals surface area contributed by atoms with Crippen LogP contribution >= 0.6 is 11.3 Å². The van der Waals surface area contributed by atoms with Crippen LogP contribution in [0.2, 0.25) is 0 Å². The fourth-order valence-electron chi connectivity index (χ4n) is 2.83. The van der Waals surface area contributed by atoms with Gasteiger partial charge in [0.25, 0.3) is 0 Å². The number of nitrogens with zero attached hydrogens (tertiary/aromatic N) is 1. The summed E-state index contributed by atoms with van der Waals surface area (Å²) in [4.78, 5) is 13.8. The molecule has 4 N–H and O–H groups in total. The molecule has 3 unspecified atom stereocenters. The van der Waals surface area contributed by atoms with Crippen molar-refractivity contribution in [3.05, 3.63) is 22.4 Å². The van der Waals surface area contributed by atoms with Gasteiger partial charge in [-0.15, -0.1) is 0 Å². The molecule has 1 amide bonds. The van der Waals surface area contributed by atoms with Crippen molar-refractivity contribution >= 4 is 17.2 Å². The number of hydrogen-bond acceptors (Lipinski definition) is 4. The number of piperidine rings is 1. The summed E-state index contributed by atoms with van der Waals surface area (Å²) < 4.78 is 0. The van der Waals surface area contributed by atoms with E-state index in [1.165, 1.54) is 5.56 Å². The van der Waals surface area contributed by atoms with E-state index in [4.69, 9.17) is 11.5 Å². The van der Waals surface area contributed by atoms with Gasteiger partial charge in [-0.1, -0.05) is 6.42 Å². The zero-order valence-corrected chi connectivity index (χ0v) is 11.5. The lowest BCUT2D eigenvalue weighted by molar-refractivity contribution is -0.125. The highest BCUT2D eigenvalue weighted by Crippen LogP contribution is 2.31. The second kappa shape index (κ2) is 5.82. The summed E-state index contributed by atoms with van der Waals surface area (Å²) in [7, 11) is 0. The highest BCUT2D eigenvalue weighted by atomic mass is 32.1. The number of carbonyl (C=O) groups is 1. The van der Waals surface area contributed by atoms with Crippen molar-refractivity contribution in [1.29, 1.82) is 0 Å². The molecule has 18 heavy (non-hydrogen) atoms. The van der Waals surface area contributed by atoms with E-state index in [2.05, 4.69) is 16.3 Å². The molecule has 4 nitrogen and oxygen atoms in total. The lowest BCUT2D eigenvalue weighted by atomic mass is 9.94. The summed E-state index contributed by atoms with van der Waals surface area (Å²) >= 11 is 1.66. The van der Waals surface area contributed by atoms with Crippen molar-refractivity contribution < 1.29 is 4.79 Å². The number of carbonyl (C=O) groups excluding carboxylic acids is 1. The van der Waals surface area contributed by atoms with Crippen LogP contribution in [0, 0.1) is 0 Å². The van der Waals surface area contributed by atoms with E-state index in [0.29, 0.717) is 0 Å². The van der Waals surface area contributed by atoms with Crippen LogP contribution in [0.5, 0.6) is 0 Å². The molecule has 1 aromatic heterocycles. The van der Waals surface area contributed by atoms with Gasteiger partial charge in [0.1, 0.15) is 0 Å². The maximum atomic E-state index is 11.6. The molecule has 1 aromatic rings. The molecule has 2 heterocycles. The van der Waals surface area contributed by atoms with Crippen molar-refractivity contribution in [3.8, 4) is 0 Å². The molecule has 2 rings (SSSR count). The summed E-state index contributed by atoms with van der Waals surface area (Å²) in [5.41, 5.74) is 12.9. The molecule has 100 valence electrons. The first-order chi connectivity index (χ1) is 8.61. The highest BCUT2D eigenvalue weighted by Gasteiger charge is 2.34. The topological polar surface area (TPSA) is 72.3 Å². The van der Waals surface area contributed by atoms with E-state index in [1.54, 1.807) is 11.3 Å². The maximum Gasteiger partial charge on any atom is 0.234 e. The first kappa shape index (κ1) is 13.5. The predicted octanol–water partition coefficient (Wildman–Crippen LogP) is 1.48. The van der Waals surface area contributed by atoms with Gasteiger partial charge >= 0.3 is 0 Å². The fraction of sp³-hybridized carbons (Fsp3) is 0.615. The smallest absolute Gasteiger partial charge is 0.234 e. The number of thiophene rings is 1. The number of likely N-dealkylation sites (tertiary alicyclic amines) is 1. The Kier molecular flexibility index (Phi) is 4.37. The number of amides is 1. The highest BCUT2D eigenvalue weighted by molar-refractivity contribution is 7.07. The van der Waals surface area contributed by atoms with Crippen LogP contribution < -0.4 is 11.5 Å². The monoisotopic (exact) mass is 267 g/mol. The Morgan fingerprint density at radius 2 is 2.33 bits per heavy atom. The van der Waals surface area contributed by atoms with Gasteiger partial charge in [0.15, 0.2) is 0 Å². The number of hydrogen-bond donors (Lipinski definition) is 2. The first-order valence-corrected chi connectivity index (χ1v) is 7.38. The van der Waals surface area contributed by atoms with Gasteiger partial charge in [0.05, 0.1) is 12.1 Å². The Balaban J connectivity index is 2.26. The van der Waals surface area contributed by atoms with Crippen LogP contribution in [0.4, 0.5) is 0 Å². The number of nitrogens with two attached hydrogens (primary N) is 2. The molecular formula is C13H21N3OS. The van der Waals surface area contributed by atoms with Gasteiger partial charge in [0.2, 0.25) is 5.91 Å². The van der Waals surface area contributed by atoms with E-state index in [1.807, 2.05) is 12.3 Å². The van der Waals surface area contributed by atoms with Gasteiger partial charge in [-0.2, -0.15) is 11.3 Å². The molecule has 0 saturated carbocycles. The predicted molar refractivity (Wildman–Crippen MR) is 74.2 cm³/mol. The molecule has 0 aliphatic carbocycles. The lowest BCUT2D eigenvalue weighted by Crippen LogP contribution is -2.52. The number of rotatable bonds is 4.